The number of rotatable bonds is 4. The van der Waals surface area contributed by atoms with Gasteiger partial charge in [-0.1, -0.05) is 12.1 Å². The smallest absolute Gasteiger partial charge is 0.416 e. The molecule has 2 aromatic carbocycles. The van der Waals surface area contributed by atoms with Gasteiger partial charge in [0, 0.05) is 19.6 Å². The normalized spacial score (nSPS) is 15.9. The molecule has 1 fully saturated rings. The van der Waals surface area contributed by atoms with Gasteiger partial charge in [0.15, 0.2) is 0 Å². The molecule has 0 spiro atoms. The molecule has 1 amide bonds. The van der Waals surface area contributed by atoms with Gasteiger partial charge in [0.2, 0.25) is 5.91 Å². The van der Waals surface area contributed by atoms with E-state index in [0.29, 0.717) is 37.3 Å². The number of carbonyl (C=O) groups excluding carboxylic acids is 1. The fourth-order valence-electron chi connectivity index (χ4n) is 2.91. The average molecular weight is 418 g/mol. The molecule has 1 saturated heterocycles. The number of alkyl halides is 6. The van der Waals surface area contributed by atoms with Crippen molar-refractivity contribution < 1.29 is 35.9 Å². The zero-order valence-corrected chi connectivity index (χ0v) is 14.9. The molecule has 3 rings (SSSR count). The summed E-state index contributed by atoms with van der Waals surface area (Å²) in [5, 5.41) is 2.69. The molecule has 1 heterocycles. The first-order chi connectivity index (χ1) is 13.5. The molecule has 1 N–H and O–H groups in total. The van der Waals surface area contributed by atoms with Gasteiger partial charge >= 0.3 is 12.4 Å². The third-order valence-electron chi connectivity index (χ3n) is 4.22. The number of benzene rings is 2. The van der Waals surface area contributed by atoms with Gasteiger partial charge in [0.25, 0.3) is 0 Å². The van der Waals surface area contributed by atoms with E-state index >= 15 is 0 Å². The van der Waals surface area contributed by atoms with Crippen molar-refractivity contribution >= 4 is 5.91 Å². The molecular formula is C19H16F6N2O2. The monoisotopic (exact) mass is 418 g/mol. The zero-order valence-electron chi connectivity index (χ0n) is 14.9. The van der Waals surface area contributed by atoms with Crippen LogP contribution in [0.15, 0.2) is 42.5 Å². The maximum absolute atomic E-state index is 13.0. The van der Waals surface area contributed by atoms with Crippen LogP contribution in [0.2, 0.25) is 0 Å². The Kier molecular flexibility index (Phi) is 5.74. The third-order valence-corrected chi connectivity index (χ3v) is 4.22. The summed E-state index contributed by atoms with van der Waals surface area (Å²) in [6, 6.07) is 7.35. The number of hydrogen-bond donors (Lipinski definition) is 1. The largest absolute Gasteiger partial charge is 0.457 e. The van der Waals surface area contributed by atoms with E-state index in [1.165, 1.54) is 12.1 Å². The Hall–Kier alpha value is -2.75. The topological polar surface area (TPSA) is 41.6 Å². The van der Waals surface area contributed by atoms with Gasteiger partial charge in [-0.25, -0.2) is 0 Å². The van der Waals surface area contributed by atoms with Gasteiger partial charge in [-0.2, -0.15) is 26.3 Å². The minimum absolute atomic E-state index is 0.0463. The SMILES string of the molecule is O=C1CN(Cc2cccc(Oc3cc(C(F)(F)F)cc(C(F)(F)F)c3)c2)CCN1. The van der Waals surface area contributed by atoms with Gasteiger partial charge in [0.05, 0.1) is 17.7 Å². The van der Waals surface area contributed by atoms with E-state index in [-0.39, 0.29) is 24.3 Å². The highest BCUT2D eigenvalue weighted by Crippen LogP contribution is 2.39. The maximum Gasteiger partial charge on any atom is 0.416 e. The highest BCUT2D eigenvalue weighted by atomic mass is 19.4. The summed E-state index contributed by atoms with van der Waals surface area (Å²) in [5.74, 6) is -0.592. The van der Waals surface area contributed by atoms with Crippen molar-refractivity contribution in [2.45, 2.75) is 18.9 Å². The van der Waals surface area contributed by atoms with Gasteiger partial charge in [0.1, 0.15) is 11.5 Å². The first kappa shape index (κ1) is 21.0. The van der Waals surface area contributed by atoms with E-state index in [2.05, 4.69) is 5.32 Å². The lowest BCUT2D eigenvalue weighted by Crippen LogP contribution is -2.47. The molecule has 29 heavy (non-hydrogen) atoms. The number of nitrogens with one attached hydrogen (secondary N) is 1. The van der Waals surface area contributed by atoms with Gasteiger partial charge in [-0.15, -0.1) is 0 Å². The summed E-state index contributed by atoms with van der Waals surface area (Å²) in [7, 11) is 0. The molecule has 2 aromatic rings. The predicted molar refractivity (Wildman–Crippen MR) is 91.2 cm³/mol. The first-order valence-corrected chi connectivity index (χ1v) is 8.56. The number of ether oxygens (including phenoxy) is 1. The van der Waals surface area contributed by atoms with Crippen molar-refractivity contribution in [3.8, 4) is 11.5 Å². The van der Waals surface area contributed by atoms with Crippen LogP contribution < -0.4 is 10.1 Å². The Labute approximate surface area is 162 Å². The second-order valence-electron chi connectivity index (χ2n) is 6.55. The van der Waals surface area contributed by atoms with Crippen LogP contribution in [-0.4, -0.2) is 30.4 Å². The van der Waals surface area contributed by atoms with Crippen molar-refractivity contribution in [3.63, 3.8) is 0 Å². The number of hydrogen-bond acceptors (Lipinski definition) is 3. The third kappa shape index (κ3) is 5.63. The number of halogens is 6. The van der Waals surface area contributed by atoms with E-state index in [0.717, 1.165) is 0 Å². The Morgan fingerprint density at radius 3 is 2.17 bits per heavy atom. The van der Waals surface area contributed by atoms with Crippen LogP contribution >= 0.6 is 0 Å². The molecular weight excluding hydrogens is 402 g/mol. The fourth-order valence-corrected chi connectivity index (χ4v) is 2.91. The minimum atomic E-state index is -4.95. The van der Waals surface area contributed by atoms with Gasteiger partial charge in [-0.3, -0.25) is 9.69 Å². The highest BCUT2D eigenvalue weighted by Gasteiger charge is 2.37. The van der Waals surface area contributed by atoms with Crippen molar-refractivity contribution in [1.29, 1.82) is 0 Å². The number of amides is 1. The predicted octanol–water partition coefficient (Wildman–Crippen LogP) is 4.45. The van der Waals surface area contributed by atoms with E-state index in [1.807, 2.05) is 4.90 Å². The van der Waals surface area contributed by atoms with Gasteiger partial charge in [-0.05, 0) is 35.9 Å². The lowest BCUT2D eigenvalue weighted by molar-refractivity contribution is -0.143. The van der Waals surface area contributed by atoms with E-state index in [1.54, 1.807) is 12.1 Å². The Bertz CT molecular complexity index is 863. The molecule has 4 nitrogen and oxygen atoms in total. The Balaban J connectivity index is 1.83. The molecule has 10 heteroatoms. The molecule has 0 aliphatic carbocycles. The molecule has 1 aliphatic heterocycles. The standard InChI is InChI=1S/C19H16F6N2O2/c20-18(21,22)13-7-14(19(23,24)25)9-16(8-13)29-15-3-1-2-12(6-15)10-27-5-4-26-17(28)11-27/h1-3,6-9H,4-5,10-11H2,(H,26,28). The lowest BCUT2D eigenvalue weighted by Gasteiger charge is -2.26. The van der Waals surface area contributed by atoms with Crippen LogP contribution in [0.3, 0.4) is 0 Å². The van der Waals surface area contributed by atoms with E-state index in [9.17, 15) is 31.1 Å². The maximum atomic E-state index is 13.0. The fraction of sp³-hybridized carbons (Fsp3) is 0.316. The van der Waals surface area contributed by atoms with Gasteiger partial charge < -0.3 is 10.1 Å². The number of carbonyl (C=O) groups is 1. The lowest BCUT2D eigenvalue weighted by atomic mass is 10.1. The second kappa shape index (κ2) is 7.94. The molecule has 156 valence electrons. The Morgan fingerprint density at radius 2 is 1.59 bits per heavy atom. The molecule has 0 saturated carbocycles. The summed E-state index contributed by atoms with van der Waals surface area (Å²) < 4.78 is 83.1. The zero-order chi connectivity index (χ0) is 21.2. The van der Waals surface area contributed by atoms with Crippen LogP contribution in [0.1, 0.15) is 16.7 Å². The Morgan fingerprint density at radius 1 is 0.931 bits per heavy atom. The highest BCUT2D eigenvalue weighted by molar-refractivity contribution is 5.78. The van der Waals surface area contributed by atoms with Crippen molar-refractivity contribution in [2.24, 2.45) is 0 Å². The summed E-state index contributed by atoms with van der Waals surface area (Å²) >= 11 is 0. The average Bonchev–Trinajstić information content (AvgIpc) is 2.60. The second-order valence-corrected chi connectivity index (χ2v) is 6.55. The molecule has 0 unspecified atom stereocenters. The van der Waals surface area contributed by atoms with Crippen LogP contribution in [0.25, 0.3) is 0 Å². The number of piperazine rings is 1. The summed E-state index contributed by atoms with van der Waals surface area (Å²) in [5.41, 5.74) is -2.18. The van der Waals surface area contributed by atoms with E-state index in [4.69, 9.17) is 4.74 Å². The van der Waals surface area contributed by atoms with Crippen LogP contribution in [0, 0.1) is 0 Å². The first-order valence-electron chi connectivity index (χ1n) is 8.56. The molecule has 1 aliphatic rings. The van der Waals surface area contributed by atoms with Crippen LogP contribution in [0.4, 0.5) is 26.3 Å². The molecule has 0 radical (unpaired) electrons. The van der Waals surface area contributed by atoms with Crippen molar-refractivity contribution in [1.82, 2.24) is 10.2 Å². The minimum Gasteiger partial charge on any atom is -0.457 e. The van der Waals surface area contributed by atoms with Crippen LogP contribution in [0.5, 0.6) is 11.5 Å². The summed E-state index contributed by atoms with van der Waals surface area (Å²) in [6.45, 7) is 1.72. The molecule has 0 atom stereocenters. The molecule has 0 bridgehead atoms. The number of nitrogens with zero attached hydrogens (tertiary/aromatic N) is 1. The van der Waals surface area contributed by atoms with Crippen molar-refractivity contribution in [3.05, 3.63) is 59.2 Å². The quantitative estimate of drug-likeness (QED) is 0.747. The molecule has 0 aromatic heterocycles. The summed E-state index contributed by atoms with van der Waals surface area (Å²) in [4.78, 5) is 13.3. The van der Waals surface area contributed by atoms with Crippen LogP contribution in [-0.2, 0) is 23.7 Å². The van der Waals surface area contributed by atoms with Crippen molar-refractivity contribution in [2.75, 3.05) is 19.6 Å². The summed E-state index contributed by atoms with van der Waals surface area (Å²) in [6.07, 6.45) is -9.90. The van der Waals surface area contributed by atoms with E-state index < -0.39 is 29.2 Å².